The van der Waals surface area contributed by atoms with E-state index in [1.807, 2.05) is 0 Å². The molecule has 17 heavy (non-hydrogen) atoms. The smallest absolute Gasteiger partial charge is 0.347 e. The summed E-state index contributed by atoms with van der Waals surface area (Å²) >= 11 is 1.20. The zero-order valence-corrected chi connectivity index (χ0v) is 11.2. The maximum atomic E-state index is 10.8. The van der Waals surface area contributed by atoms with Gasteiger partial charge in [0.2, 0.25) is 0 Å². The first-order chi connectivity index (χ1) is 8.10. The van der Waals surface area contributed by atoms with E-state index in [1.54, 1.807) is 7.11 Å². The van der Waals surface area contributed by atoms with Crippen molar-refractivity contribution in [3.05, 3.63) is 11.1 Å². The molecule has 1 heterocycles. The Labute approximate surface area is 105 Å². The number of thiazole rings is 1. The third-order valence-electron chi connectivity index (χ3n) is 2.61. The summed E-state index contributed by atoms with van der Waals surface area (Å²) in [5.74, 6) is -0.926. The number of carbonyl (C=O) groups is 1. The highest BCUT2D eigenvalue weighted by molar-refractivity contribution is 7.17. The maximum Gasteiger partial charge on any atom is 0.347 e. The van der Waals surface area contributed by atoms with E-state index in [1.165, 1.54) is 17.5 Å². The largest absolute Gasteiger partial charge is 0.477 e. The van der Waals surface area contributed by atoms with Crippen LogP contribution in [0.1, 0.15) is 29.9 Å². The Bertz CT molecular complexity index is 367. The summed E-state index contributed by atoms with van der Waals surface area (Å²) < 4.78 is 5.06. The molecule has 1 unspecified atom stereocenters. The van der Waals surface area contributed by atoms with Gasteiger partial charge in [-0.3, -0.25) is 0 Å². The molecule has 0 bridgehead atoms. The summed E-state index contributed by atoms with van der Waals surface area (Å²) in [5, 5.41) is 9.62. The minimum Gasteiger partial charge on any atom is -0.477 e. The lowest BCUT2D eigenvalue weighted by Gasteiger charge is -2.27. The number of nitrogens with zero attached hydrogens (tertiary/aromatic N) is 2. The molecule has 1 aromatic heterocycles. The number of aromatic carboxylic acids is 1. The highest BCUT2D eigenvalue weighted by Gasteiger charge is 2.18. The fraction of sp³-hybridized carbons (Fsp3) is 0.636. The fourth-order valence-corrected chi connectivity index (χ4v) is 2.29. The number of hydrogen-bond acceptors (Lipinski definition) is 5. The molecule has 96 valence electrons. The number of anilines is 1. The molecule has 1 atom stereocenters. The molecule has 0 saturated heterocycles. The van der Waals surface area contributed by atoms with Crippen LogP contribution in [-0.2, 0) is 4.74 Å². The van der Waals surface area contributed by atoms with Gasteiger partial charge in [-0.05, 0) is 13.3 Å². The second-order valence-electron chi connectivity index (χ2n) is 3.76. The standard InChI is InChI=1S/C11H18N2O3S/c1-4-8(2)13(5-6-16-3)11-12-7-9(17-11)10(14)15/h7-8H,4-6H2,1-3H3,(H,14,15). The van der Waals surface area contributed by atoms with Crippen molar-refractivity contribution in [2.24, 2.45) is 0 Å². The molecule has 0 aromatic carbocycles. The van der Waals surface area contributed by atoms with Crippen LogP contribution in [0.4, 0.5) is 5.13 Å². The van der Waals surface area contributed by atoms with Gasteiger partial charge in [-0.2, -0.15) is 0 Å². The van der Waals surface area contributed by atoms with Gasteiger partial charge in [-0.1, -0.05) is 18.3 Å². The fourth-order valence-electron chi connectivity index (χ4n) is 1.41. The van der Waals surface area contributed by atoms with Crippen LogP contribution in [0.5, 0.6) is 0 Å². The van der Waals surface area contributed by atoms with E-state index in [4.69, 9.17) is 9.84 Å². The van der Waals surface area contributed by atoms with Crippen LogP contribution >= 0.6 is 11.3 Å². The molecule has 6 heteroatoms. The number of methoxy groups -OCH3 is 1. The highest BCUT2D eigenvalue weighted by atomic mass is 32.1. The van der Waals surface area contributed by atoms with E-state index in [2.05, 4.69) is 23.7 Å². The second-order valence-corrected chi connectivity index (χ2v) is 4.76. The minimum absolute atomic E-state index is 0.269. The van der Waals surface area contributed by atoms with Crippen LogP contribution in [0.15, 0.2) is 6.20 Å². The molecular weight excluding hydrogens is 240 g/mol. The first-order valence-corrected chi connectivity index (χ1v) is 6.36. The van der Waals surface area contributed by atoms with E-state index in [-0.39, 0.29) is 4.88 Å². The van der Waals surface area contributed by atoms with Gasteiger partial charge in [0.1, 0.15) is 4.88 Å². The van der Waals surface area contributed by atoms with Crippen molar-refractivity contribution in [3.63, 3.8) is 0 Å². The summed E-state index contributed by atoms with van der Waals surface area (Å²) in [6.07, 6.45) is 2.39. The number of ether oxygens (including phenoxy) is 1. The number of rotatable bonds is 7. The Morgan fingerprint density at radius 2 is 2.41 bits per heavy atom. The van der Waals surface area contributed by atoms with Crippen LogP contribution in [0.25, 0.3) is 0 Å². The summed E-state index contributed by atoms with van der Waals surface area (Å²) in [7, 11) is 1.65. The van der Waals surface area contributed by atoms with Gasteiger partial charge in [0.15, 0.2) is 5.13 Å². The van der Waals surface area contributed by atoms with E-state index in [0.29, 0.717) is 12.6 Å². The lowest BCUT2D eigenvalue weighted by molar-refractivity contribution is 0.0702. The molecule has 5 nitrogen and oxygen atoms in total. The maximum absolute atomic E-state index is 10.8. The van der Waals surface area contributed by atoms with Gasteiger partial charge in [-0.15, -0.1) is 0 Å². The topological polar surface area (TPSA) is 62.7 Å². The predicted octanol–water partition coefficient (Wildman–Crippen LogP) is 2.09. The average Bonchev–Trinajstić information content (AvgIpc) is 2.78. The normalized spacial score (nSPS) is 12.4. The Morgan fingerprint density at radius 1 is 1.71 bits per heavy atom. The van der Waals surface area contributed by atoms with Crippen LogP contribution in [0.3, 0.4) is 0 Å². The molecule has 0 aliphatic carbocycles. The van der Waals surface area contributed by atoms with Crippen LogP contribution in [-0.4, -0.2) is 42.4 Å². The SMILES string of the molecule is CCC(C)N(CCOC)c1ncc(C(=O)O)s1. The number of hydrogen-bond donors (Lipinski definition) is 1. The highest BCUT2D eigenvalue weighted by Crippen LogP contribution is 2.24. The summed E-state index contributed by atoms with van der Waals surface area (Å²) in [6, 6.07) is 0.318. The predicted molar refractivity (Wildman–Crippen MR) is 68.0 cm³/mol. The van der Waals surface area contributed by atoms with Crippen molar-refractivity contribution in [1.29, 1.82) is 0 Å². The van der Waals surface area contributed by atoms with E-state index in [9.17, 15) is 4.79 Å². The first-order valence-electron chi connectivity index (χ1n) is 5.54. The van der Waals surface area contributed by atoms with Gasteiger partial charge in [0.05, 0.1) is 12.8 Å². The van der Waals surface area contributed by atoms with Crippen molar-refractivity contribution in [2.45, 2.75) is 26.3 Å². The molecule has 0 aliphatic rings. The molecule has 0 aliphatic heterocycles. The van der Waals surface area contributed by atoms with Gasteiger partial charge in [0, 0.05) is 19.7 Å². The van der Waals surface area contributed by atoms with Gasteiger partial charge in [-0.25, -0.2) is 9.78 Å². The molecule has 0 radical (unpaired) electrons. The first kappa shape index (κ1) is 13.9. The van der Waals surface area contributed by atoms with Crippen molar-refractivity contribution in [2.75, 3.05) is 25.2 Å². The van der Waals surface area contributed by atoms with Crippen LogP contribution in [0.2, 0.25) is 0 Å². The van der Waals surface area contributed by atoms with E-state index >= 15 is 0 Å². The molecule has 0 amide bonds. The molecule has 1 N–H and O–H groups in total. The van der Waals surface area contributed by atoms with Crippen molar-refractivity contribution in [3.8, 4) is 0 Å². The van der Waals surface area contributed by atoms with E-state index in [0.717, 1.165) is 18.1 Å². The van der Waals surface area contributed by atoms with Crippen LogP contribution in [0, 0.1) is 0 Å². The lowest BCUT2D eigenvalue weighted by Crippen LogP contribution is -2.35. The molecule has 0 fully saturated rings. The zero-order valence-electron chi connectivity index (χ0n) is 10.3. The van der Waals surface area contributed by atoms with E-state index < -0.39 is 5.97 Å². The van der Waals surface area contributed by atoms with Crippen molar-refractivity contribution >= 4 is 22.4 Å². The Morgan fingerprint density at radius 3 is 2.88 bits per heavy atom. The number of carboxylic acid groups (broad SMARTS) is 1. The third kappa shape index (κ3) is 3.67. The third-order valence-corrected chi connectivity index (χ3v) is 3.63. The monoisotopic (exact) mass is 258 g/mol. The Balaban J connectivity index is 2.83. The molecule has 0 saturated carbocycles. The zero-order chi connectivity index (χ0) is 12.8. The lowest BCUT2D eigenvalue weighted by atomic mass is 10.2. The average molecular weight is 258 g/mol. The minimum atomic E-state index is -0.926. The van der Waals surface area contributed by atoms with Gasteiger partial charge < -0.3 is 14.7 Å². The van der Waals surface area contributed by atoms with Crippen molar-refractivity contribution in [1.82, 2.24) is 4.98 Å². The van der Waals surface area contributed by atoms with Crippen LogP contribution < -0.4 is 4.90 Å². The Kier molecular flexibility index (Phi) is 5.37. The summed E-state index contributed by atoms with van der Waals surface area (Å²) in [5.41, 5.74) is 0. The molecular formula is C11H18N2O3S. The molecule has 1 aromatic rings. The summed E-state index contributed by atoms with van der Waals surface area (Å²) in [6.45, 7) is 5.51. The van der Waals surface area contributed by atoms with Gasteiger partial charge in [0.25, 0.3) is 0 Å². The number of carboxylic acids is 1. The molecule has 0 spiro atoms. The Hall–Kier alpha value is -1.14. The molecule has 1 rings (SSSR count). The number of aromatic nitrogens is 1. The van der Waals surface area contributed by atoms with Gasteiger partial charge >= 0.3 is 5.97 Å². The second kappa shape index (κ2) is 6.56. The quantitative estimate of drug-likeness (QED) is 0.811. The summed E-state index contributed by atoms with van der Waals surface area (Å²) in [4.78, 5) is 17.3. The van der Waals surface area contributed by atoms with Crippen molar-refractivity contribution < 1.29 is 14.6 Å².